The van der Waals surface area contributed by atoms with Gasteiger partial charge in [-0.25, -0.2) is 4.39 Å². The van der Waals surface area contributed by atoms with Gasteiger partial charge >= 0.3 is 0 Å². The second-order valence-electron chi connectivity index (χ2n) is 4.35. The molecule has 100 valence electrons. The van der Waals surface area contributed by atoms with Crippen molar-refractivity contribution in [2.24, 2.45) is 5.92 Å². The normalized spacial score (nSPS) is 12.2. The summed E-state index contributed by atoms with van der Waals surface area (Å²) < 4.78 is 12.9. The molecule has 1 amide bonds. The summed E-state index contributed by atoms with van der Waals surface area (Å²) in [6.45, 7) is 2.47. The fraction of sp³-hybridized carbons (Fsp3) is 0.462. The fourth-order valence-corrected chi connectivity index (χ4v) is 1.53. The average molecular weight is 255 g/mol. The Labute approximate surface area is 105 Å². The molecule has 18 heavy (non-hydrogen) atoms. The Balaban J connectivity index is 2.43. The maximum atomic E-state index is 12.9. The van der Waals surface area contributed by atoms with Gasteiger partial charge in [0.25, 0.3) is 5.91 Å². The lowest BCUT2D eigenvalue weighted by Crippen LogP contribution is -2.25. The number of carbonyl (C=O) groups excluding carboxylic acids is 1. The van der Waals surface area contributed by atoms with Crippen LogP contribution in [-0.4, -0.2) is 29.3 Å². The molecule has 0 fully saturated rings. The number of aliphatic hydroxyl groups excluding tert-OH is 1. The van der Waals surface area contributed by atoms with Gasteiger partial charge in [-0.15, -0.1) is 0 Å². The van der Waals surface area contributed by atoms with Gasteiger partial charge in [0.15, 0.2) is 0 Å². The number of hydrogen-bond donors (Lipinski definition) is 3. The second kappa shape index (κ2) is 6.96. The molecule has 0 aromatic heterocycles. The molecule has 0 heterocycles. The van der Waals surface area contributed by atoms with Gasteiger partial charge in [0.05, 0.1) is 5.56 Å². The summed E-state index contributed by atoms with van der Waals surface area (Å²) in [6, 6.07) is 3.24. The van der Waals surface area contributed by atoms with E-state index in [1.165, 1.54) is 0 Å². The lowest BCUT2D eigenvalue weighted by atomic mass is 10.1. The van der Waals surface area contributed by atoms with Crippen LogP contribution in [0.25, 0.3) is 0 Å². The predicted octanol–water partition coefficient (Wildman–Crippen LogP) is 1.67. The zero-order valence-electron chi connectivity index (χ0n) is 10.3. The maximum absolute atomic E-state index is 12.9. The molecule has 0 aliphatic rings. The predicted molar refractivity (Wildman–Crippen MR) is 65.9 cm³/mol. The van der Waals surface area contributed by atoms with E-state index in [0.717, 1.165) is 31.0 Å². The van der Waals surface area contributed by atoms with Crippen LogP contribution in [0.1, 0.15) is 30.1 Å². The number of phenols is 1. The molecule has 4 nitrogen and oxygen atoms in total. The zero-order chi connectivity index (χ0) is 13.5. The van der Waals surface area contributed by atoms with Crippen LogP contribution in [0.3, 0.4) is 0 Å². The van der Waals surface area contributed by atoms with Gasteiger partial charge in [-0.1, -0.05) is 6.92 Å². The first-order valence-corrected chi connectivity index (χ1v) is 5.92. The highest BCUT2D eigenvalue weighted by Gasteiger charge is 2.11. The Morgan fingerprint density at radius 2 is 2.22 bits per heavy atom. The van der Waals surface area contributed by atoms with E-state index in [1.54, 1.807) is 0 Å². The first-order valence-electron chi connectivity index (χ1n) is 5.92. The van der Waals surface area contributed by atoms with Crippen molar-refractivity contribution in [2.75, 3.05) is 13.2 Å². The number of carbonyl (C=O) groups is 1. The van der Waals surface area contributed by atoms with Gasteiger partial charge in [0.1, 0.15) is 11.6 Å². The minimum absolute atomic E-state index is 0.0646. The molecule has 3 N–H and O–H groups in total. The van der Waals surface area contributed by atoms with Crippen molar-refractivity contribution in [1.29, 1.82) is 0 Å². The molecule has 0 radical (unpaired) electrons. The van der Waals surface area contributed by atoms with Crippen LogP contribution in [-0.2, 0) is 0 Å². The van der Waals surface area contributed by atoms with Crippen LogP contribution < -0.4 is 5.32 Å². The molecule has 1 aromatic carbocycles. The first-order chi connectivity index (χ1) is 8.54. The van der Waals surface area contributed by atoms with Crippen molar-refractivity contribution in [3.8, 4) is 5.75 Å². The average Bonchev–Trinajstić information content (AvgIpc) is 2.36. The van der Waals surface area contributed by atoms with Crippen molar-refractivity contribution in [3.63, 3.8) is 0 Å². The Kier molecular flexibility index (Phi) is 5.58. The number of rotatable bonds is 6. The monoisotopic (exact) mass is 255 g/mol. The number of benzene rings is 1. The largest absolute Gasteiger partial charge is 0.507 e. The van der Waals surface area contributed by atoms with E-state index in [2.05, 4.69) is 5.32 Å². The lowest BCUT2D eigenvalue weighted by molar-refractivity contribution is 0.0949. The summed E-state index contributed by atoms with van der Waals surface area (Å²) in [4.78, 5) is 11.6. The smallest absolute Gasteiger partial charge is 0.255 e. The highest BCUT2D eigenvalue weighted by atomic mass is 19.1. The van der Waals surface area contributed by atoms with Crippen molar-refractivity contribution in [1.82, 2.24) is 5.32 Å². The van der Waals surface area contributed by atoms with Gasteiger partial charge in [-0.2, -0.15) is 0 Å². The Hall–Kier alpha value is -1.62. The maximum Gasteiger partial charge on any atom is 0.255 e. The van der Waals surface area contributed by atoms with Crippen LogP contribution in [0.15, 0.2) is 18.2 Å². The standard InChI is InChI=1S/C13H18FNO3/c1-9(8-16)3-2-6-15-13(18)11-7-10(14)4-5-12(11)17/h4-5,7,9,16-17H,2-3,6,8H2,1H3,(H,15,18). The molecule has 0 aliphatic heterocycles. The SMILES string of the molecule is CC(CO)CCCNC(=O)c1cc(F)ccc1O. The highest BCUT2D eigenvalue weighted by Crippen LogP contribution is 2.17. The summed E-state index contributed by atoms with van der Waals surface area (Å²) in [5.74, 6) is -1.10. The molecule has 0 aliphatic carbocycles. The van der Waals surface area contributed by atoms with Crippen LogP contribution in [0, 0.1) is 11.7 Å². The van der Waals surface area contributed by atoms with Gasteiger partial charge in [0, 0.05) is 13.2 Å². The Bertz CT molecular complexity index is 409. The minimum atomic E-state index is -0.563. The van der Waals surface area contributed by atoms with Crippen LogP contribution in [0.2, 0.25) is 0 Å². The number of aliphatic hydroxyl groups is 1. The van der Waals surface area contributed by atoms with Gasteiger partial charge in [0.2, 0.25) is 0 Å². The first kappa shape index (κ1) is 14.4. The Morgan fingerprint density at radius 3 is 2.89 bits per heavy atom. The van der Waals surface area contributed by atoms with E-state index in [0.29, 0.717) is 6.54 Å². The third kappa shape index (κ3) is 4.33. The number of hydrogen-bond acceptors (Lipinski definition) is 3. The molecular formula is C13H18FNO3. The minimum Gasteiger partial charge on any atom is -0.507 e. The van der Waals surface area contributed by atoms with Crippen molar-refractivity contribution >= 4 is 5.91 Å². The molecule has 1 atom stereocenters. The van der Waals surface area contributed by atoms with E-state index in [1.807, 2.05) is 6.92 Å². The van der Waals surface area contributed by atoms with Crippen LogP contribution >= 0.6 is 0 Å². The van der Waals surface area contributed by atoms with Gasteiger partial charge in [-0.05, 0) is 37.0 Å². The quantitative estimate of drug-likeness (QED) is 0.677. The second-order valence-corrected chi connectivity index (χ2v) is 4.35. The molecule has 0 bridgehead atoms. The van der Waals surface area contributed by atoms with Gasteiger partial charge in [-0.3, -0.25) is 4.79 Å². The summed E-state index contributed by atoms with van der Waals surface area (Å²) in [7, 11) is 0. The molecule has 5 heteroatoms. The highest BCUT2D eigenvalue weighted by molar-refractivity contribution is 5.96. The molecule has 1 aromatic rings. The van der Waals surface area contributed by atoms with Crippen molar-refractivity contribution < 1.29 is 19.4 Å². The lowest BCUT2D eigenvalue weighted by Gasteiger charge is -2.09. The number of amides is 1. The molecule has 1 unspecified atom stereocenters. The molecule has 1 rings (SSSR count). The Morgan fingerprint density at radius 1 is 1.50 bits per heavy atom. The number of halogens is 1. The van der Waals surface area contributed by atoms with E-state index >= 15 is 0 Å². The fourth-order valence-electron chi connectivity index (χ4n) is 1.53. The number of phenolic OH excluding ortho intramolecular Hbond substituents is 1. The third-order valence-electron chi connectivity index (χ3n) is 2.67. The van der Waals surface area contributed by atoms with Crippen LogP contribution in [0.4, 0.5) is 4.39 Å². The topological polar surface area (TPSA) is 69.6 Å². The van der Waals surface area contributed by atoms with Crippen molar-refractivity contribution in [2.45, 2.75) is 19.8 Å². The summed E-state index contributed by atoms with van der Waals surface area (Å²) in [6.07, 6.45) is 1.52. The van der Waals surface area contributed by atoms with E-state index in [-0.39, 0.29) is 23.8 Å². The van der Waals surface area contributed by atoms with Crippen molar-refractivity contribution in [3.05, 3.63) is 29.6 Å². The molecular weight excluding hydrogens is 237 g/mol. The summed E-state index contributed by atoms with van der Waals surface area (Å²) in [5.41, 5.74) is -0.0646. The van der Waals surface area contributed by atoms with Crippen LogP contribution in [0.5, 0.6) is 5.75 Å². The molecule has 0 spiro atoms. The van der Waals surface area contributed by atoms with E-state index in [9.17, 15) is 14.3 Å². The number of aromatic hydroxyl groups is 1. The number of nitrogens with one attached hydrogen (secondary N) is 1. The van der Waals surface area contributed by atoms with E-state index in [4.69, 9.17) is 5.11 Å². The van der Waals surface area contributed by atoms with Gasteiger partial charge < -0.3 is 15.5 Å². The molecule has 0 saturated heterocycles. The molecule has 0 saturated carbocycles. The summed E-state index contributed by atoms with van der Waals surface area (Å²) >= 11 is 0. The third-order valence-corrected chi connectivity index (χ3v) is 2.67. The zero-order valence-corrected chi connectivity index (χ0v) is 10.3. The summed E-state index contributed by atoms with van der Waals surface area (Å²) in [5, 5.41) is 20.9. The van der Waals surface area contributed by atoms with E-state index < -0.39 is 11.7 Å².